The van der Waals surface area contributed by atoms with Crippen molar-refractivity contribution in [2.75, 3.05) is 5.32 Å². The zero-order chi connectivity index (χ0) is 11.5. The minimum absolute atomic E-state index is 0.200. The molecule has 0 bridgehead atoms. The van der Waals surface area contributed by atoms with E-state index < -0.39 is 0 Å². The molecular weight excluding hydrogens is 203 g/mol. The van der Waals surface area contributed by atoms with Crippen molar-refractivity contribution in [2.24, 2.45) is 7.05 Å². The molecule has 2 aromatic rings. The molecule has 0 fully saturated rings. The number of halogens is 1. The molecule has 0 amide bonds. The third kappa shape index (κ3) is 2.42. The highest BCUT2D eigenvalue weighted by atomic mass is 19.1. The lowest BCUT2D eigenvalue weighted by atomic mass is 10.2. The minimum Gasteiger partial charge on any atom is -0.379 e. The molecule has 84 valence electrons. The Morgan fingerprint density at radius 3 is 2.75 bits per heavy atom. The van der Waals surface area contributed by atoms with Crippen molar-refractivity contribution in [3.05, 3.63) is 53.6 Å². The highest BCUT2D eigenvalue weighted by Crippen LogP contribution is 2.14. The summed E-state index contributed by atoms with van der Waals surface area (Å²) in [6, 6.07) is 9.00. The monoisotopic (exact) mass is 218 g/mol. The molecule has 0 spiro atoms. The van der Waals surface area contributed by atoms with E-state index in [1.807, 2.05) is 42.9 Å². The largest absolute Gasteiger partial charge is 0.379 e. The molecule has 0 aliphatic rings. The number of anilines is 1. The third-order valence-corrected chi connectivity index (χ3v) is 2.57. The fraction of sp³-hybridized carbons (Fsp3) is 0.231. The third-order valence-electron chi connectivity index (χ3n) is 2.57. The van der Waals surface area contributed by atoms with Gasteiger partial charge in [-0.3, -0.25) is 0 Å². The molecule has 1 aromatic heterocycles. The van der Waals surface area contributed by atoms with Gasteiger partial charge in [-0.2, -0.15) is 0 Å². The zero-order valence-electron chi connectivity index (χ0n) is 9.50. The summed E-state index contributed by atoms with van der Waals surface area (Å²) in [7, 11) is 1.99. The van der Waals surface area contributed by atoms with E-state index in [4.69, 9.17) is 0 Å². The van der Waals surface area contributed by atoms with Crippen LogP contribution in [0.4, 0.5) is 10.1 Å². The summed E-state index contributed by atoms with van der Waals surface area (Å²) in [4.78, 5) is 0. The topological polar surface area (TPSA) is 17.0 Å². The summed E-state index contributed by atoms with van der Waals surface area (Å²) in [5, 5.41) is 3.21. The van der Waals surface area contributed by atoms with Gasteiger partial charge in [0.25, 0.3) is 0 Å². The predicted molar refractivity (Wildman–Crippen MR) is 63.9 cm³/mol. The Bertz CT molecular complexity index is 468. The Kier molecular flexibility index (Phi) is 2.95. The van der Waals surface area contributed by atoms with Crippen LogP contribution in [0.2, 0.25) is 0 Å². The number of nitrogens with one attached hydrogen (secondary N) is 1. The molecular formula is C13H15FN2. The Hall–Kier alpha value is -1.77. The van der Waals surface area contributed by atoms with E-state index in [0.717, 1.165) is 11.3 Å². The van der Waals surface area contributed by atoms with Gasteiger partial charge in [-0.25, -0.2) is 4.39 Å². The van der Waals surface area contributed by atoms with Crippen molar-refractivity contribution < 1.29 is 4.39 Å². The normalized spacial score (nSPS) is 10.4. The summed E-state index contributed by atoms with van der Waals surface area (Å²) in [6.45, 7) is 2.59. The smallest absolute Gasteiger partial charge is 0.125 e. The van der Waals surface area contributed by atoms with Crippen molar-refractivity contribution in [3.8, 4) is 0 Å². The van der Waals surface area contributed by atoms with Crippen LogP contribution in [0.25, 0.3) is 0 Å². The molecule has 2 rings (SSSR count). The van der Waals surface area contributed by atoms with Crippen molar-refractivity contribution in [2.45, 2.75) is 13.5 Å². The van der Waals surface area contributed by atoms with Gasteiger partial charge in [-0.05, 0) is 42.8 Å². The Labute approximate surface area is 94.7 Å². The second kappa shape index (κ2) is 4.39. The standard InChI is InChI=1S/C13H15FN2/c1-10-6-11(14)8-12(7-10)15-9-13-4-3-5-16(13)2/h3-8,15H,9H2,1-2H3. The number of hydrogen-bond donors (Lipinski definition) is 1. The molecule has 0 atom stereocenters. The van der Waals surface area contributed by atoms with E-state index in [1.165, 1.54) is 17.8 Å². The molecule has 1 N–H and O–H groups in total. The number of nitrogens with zero attached hydrogens (tertiary/aromatic N) is 1. The number of rotatable bonds is 3. The van der Waals surface area contributed by atoms with Crippen molar-refractivity contribution in [3.63, 3.8) is 0 Å². The molecule has 16 heavy (non-hydrogen) atoms. The second-order valence-electron chi connectivity index (χ2n) is 3.98. The maximum Gasteiger partial charge on any atom is 0.125 e. The average Bonchev–Trinajstić information content (AvgIpc) is 2.59. The van der Waals surface area contributed by atoms with Crippen LogP contribution in [-0.2, 0) is 13.6 Å². The quantitative estimate of drug-likeness (QED) is 0.837. The van der Waals surface area contributed by atoms with Gasteiger partial charge in [0.1, 0.15) is 5.82 Å². The van der Waals surface area contributed by atoms with Crippen LogP contribution in [0.5, 0.6) is 0 Å². The lowest BCUT2D eigenvalue weighted by Gasteiger charge is -2.08. The zero-order valence-corrected chi connectivity index (χ0v) is 9.50. The van der Waals surface area contributed by atoms with Crippen molar-refractivity contribution in [1.82, 2.24) is 4.57 Å². The summed E-state index contributed by atoms with van der Waals surface area (Å²) < 4.78 is 15.2. The molecule has 2 nitrogen and oxygen atoms in total. The second-order valence-corrected chi connectivity index (χ2v) is 3.98. The van der Waals surface area contributed by atoms with Gasteiger partial charge >= 0.3 is 0 Å². The van der Waals surface area contributed by atoms with Crippen LogP contribution < -0.4 is 5.32 Å². The SMILES string of the molecule is Cc1cc(F)cc(NCc2cccn2C)c1. The van der Waals surface area contributed by atoms with Gasteiger partial charge in [-0.1, -0.05) is 0 Å². The number of aromatic nitrogens is 1. The van der Waals surface area contributed by atoms with Crippen LogP contribution in [0.15, 0.2) is 36.5 Å². The van der Waals surface area contributed by atoms with E-state index in [9.17, 15) is 4.39 Å². The molecule has 0 saturated carbocycles. The van der Waals surface area contributed by atoms with Gasteiger partial charge < -0.3 is 9.88 Å². The lowest BCUT2D eigenvalue weighted by Crippen LogP contribution is -2.04. The fourth-order valence-electron chi connectivity index (χ4n) is 1.71. The van der Waals surface area contributed by atoms with Crippen LogP contribution >= 0.6 is 0 Å². The van der Waals surface area contributed by atoms with Gasteiger partial charge in [0.15, 0.2) is 0 Å². The Morgan fingerprint density at radius 2 is 2.12 bits per heavy atom. The first-order chi connectivity index (χ1) is 7.65. The molecule has 1 aromatic carbocycles. The molecule has 0 radical (unpaired) electrons. The van der Waals surface area contributed by atoms with E-state index in [0.29, 0.717) is 6.54 Å². The van der Waals surface area contributed by atoms with E-state index >= 15 is 0 Å². The Morgan fingerprint density at radius 1 is 1.31 bits per heavy atom. The van der Waals surface area contributed by atoms with Crippen LogP contribution in [0.1, 0.15) is 11.3 Å². The van der Waals surface area contributed by atoms with Gasteiger partial charge in [0.2, 0.25) is 0 Å². The first kappa shape index (κ1) is 10.7. The molecule has 0 saturated heterocycles. The van der Waals surface area contributed by atoms with E-state index in [-0.39, 0.29) is 5.82 Å². The first-order valence-corrected chi connectivity index (χ1v) is 5.26. The van der Waals surface area contributed by atoms with Crippen molar-refractivity contribution >= 4 is 5.69 Å². The summed E-state index contributed by atoms with van der Waals surface area (Å²) in [5.74, 6) is -0.200. The molecule has 1 heterocycles. The van der Waals surface area contributed by atoms with Crippen LogP contribution in [0, 0.1) is 12.7 Å². The summed E-state index contributed by atoms with van der Waals surface area (Å²) in [6.07, 6.45) is 1.99. The Balaban J connectivity index is 2.07. The fourth-order valence-corrected chi connectivity index (χ4v) is 1.71. The van der Waals surface area contributed by atoms with Gasteiger partial charge in [0, 0.05) is 24.6 Å². The number of benzene rings is 1. The van der Waals surface area contributed by atoms with E-state index in [2.05, 4.69) is 5.32 Å². The summed E-state index contributed by atoms with van der Waals surface area (Å²) >= 11 is 0. The highest BCUT2D eigenvalue weighted by molar-refractivity contribution is 5.46. The molecule has 0 aliphatic carbocycles. The molecule has 0 unspecified atom stereocenters. The van der Waals surface area contributed by atoms with Crippen molar-refractivity contribution in [1.29, 1.82) is 0 Å². The summed E-state index contributed by atoms with van der Waals surface area (Å²) in [5.41, 5.74) is 2.91. The van der Waals surface area contributed by atoms with Gasteiger partial charge in [0.05, 0.1) is 6.54 Å². The van der Waals surface area contributed by atoms with Crippen LogP contribution in [-0.4, -0.2) is 4.57 Å². The minimum atomic E-state index is -0.200. The maximum atomic E-state index is 13.1. The van der Waals surface area contributed by atoms with Gasteiger partial charge in [-0.15, -0.1) is 0 Å². The predicted octanol–water partition coefficient (Wildman–Crippen LogP) is 3.08. The van der Waals surface area contributed by atoms with E-state index in [1.54, 1.807) is 0 Å². The highest BCUT2D eigenvalue weighted by Gasteiger charge is 1.99. The lowest BCUT2D eigenvalue weighted by molar-refractivity contribution is 0.627. The molecule has 3 heteroatoms. The first-order valence-electron chi connectivity index (χ1n) is 5.26. The number of aryl methyl sites for hydroxylation is 2. The van der Waals surface area contributed by atoms with Crippen LogP contribution in [0.3, 0.4) is 0 Å². The molecule has 0 aliphatic heterocycles. The average molecular weight is 218 g/mol. The number of hydrogen-bond acceptors (Lipinski definition) is 1. The maximum absolute atomic E-state index is 13.1.